The SMILES string of the molecule is CCN(C(C)=O)C(C)/C=C/C(=O)NC(C)C(C)O.[Ac]. The number of nitrogens with zero attached hydrogens (tertiary/aromatic N) is 1. The van der Waals surface area contributed by atoms with Crippen molar-refractivity contribution in [3.63, 3.8) is 0 Å². The van der Waals surface area contributed by atoms with Crippen LogP contribution in [-0.4, -0.2) is 46.6 Å². The van der Waals surface area contributed by atoms with Crippen molar-refractivity contribution in [2.75, 3.05) is 6.54 Å². The van der Waals surface area contributed by atoms with Crippen molar-refractivity contribution in [3.05, 3.63) is 12.2 Å². The molecule has 3 unspecified atom stereocenters. The van der Waals surface area contributed by atoms with E-state index in [0.29, 0.717) is 6.54 Å². The van der Waals surface area contributed by atoms with Crippen LogP contribution in [0.2, 0.25) is 0 Å². The minimum Gasteiger partial charge on any atom is -0.391 e. The molecule has 0 aromatic heterocycles. The van der Waals surface area contributed by atoms with Crippen LogP contribution in [-0.2, 0) is 9.59 Å². The van der Waals surface area contributed by atoms with Gasteiger partial charge in [-0.25, -0.2) is 0 Å². The topological polar surface area (TPSA) is 69.6 Å². The smallest absolute Gasteiger partial charge is 0.244 e. The predicted octanol–water partition coefficient (Wildman–Crippen LogP) is 0.685. The number of nitrogens with one attached hydrogen (secondary N) is 1. The van der Waals surface area contributed by atoms with Crippen molar-refractivity contribution < 1.29 is 58.8 Å². The summed E-state index contributed by atoms with van der Waals surface area (Å²) in [7, 11) is 0. The average Bonchev–Trinajstić information content (AvgIpc) is 2.26. The number of rotatable bonds is 6. The summed E-state index contributed by atoms with van der Waals surface area (Å²) in [5.74, 6) is -0.290. The molecule has 0 saturated carbocycles. The molecule has 0 spiro atoms. The van der Waals surface area contributed by atoms with Gasteiger partial charge in [0.1, 0.15) is 0 Å². The molecule has 0 aliphatic rings. The Balaban J connectivity index is 0. The van der Waals surface area contributed by atoms with Crippen molar-refractivity contribution in [3.8, 4) is 0 Å². The summed E-state index contributed by atoms with van der Waals surface area (Å²) >= 11 is 0. The summed E-state index contributed by atoms with van der Waals surface area (Å²) < 4.78 is 0. The molecule has 0 heterocycles. The van der Waals surface area contributed by atoms with Crippen LogP contribution >= 0.6 is 0 Å². The van der Waals surface area contributed by atoms with Gasteiger partial charge >= 0.3 is 0 Å². The molecule has 6 heteroatoms. The number of carbonyl (C=O) groups excluding carboxylic acids is 2. The fourth-order valence-corrected chi connectivity index (χ4v) is 1.52. The second kappa shape index (κ2) is 10.8. The monoisotopic (exact) mass is 483 g/mol. The molecular weight excluding hydrogens is 459 g/mol. The second-order valence-electron chi connectivity index (χ2n) is 4.44. The van der Waals surface area contributed by atoms with Gasteiger partial charge in [-0.3, -0.25) is 9.59 Å². The quantitative estimate of drug-likeness (QED) is 0.547. The normalized spacial score (nSPS) is 15.3. The largest absolute Gasteiger partial charge is 0.391 e. The van der Waals surface area contributed by atoms with E-state index >= 15 is 0 Å². The van der Waals surface area contributed by atoms with Crippen LogP contribution < -0.4 is 5.32 Å². The van der Waals surface area contributed by atoms with Gasteiger partial charge in [0.2, 0.25) is 11.8 Å². The zero-order valence-electron chi connectivity index (χ0n) is 12.4. The van der Waals surface area contributed by atoms with E-state index in [1.54, 1.807) is 24.8 Å². The Bertz CT molecular complexity index is 319. The Kier molecular flexibility index (Phi) is 12.2. The molecule has 3 atom stereocenters. The van der Waals surface area contributed by atoms with Crippen molar-refractivity contribution in [2.45, 2.75) is 52.8 Å². The zero-order chi connectivity index (χ0) is 14.3. The molecule has 0 bridgehead atoms. The minimum absolute atomic E-state index is 0. The molecular formula is C13H24AcN2O3. The molecule has 0 fully saturated rings. The van der Waals surface area contributed by atoms with Crippen molar-refractivity contribution in [1.29, 1.82) is 0 Å². The Labute approximate surface area is 151 Å². The van der Waals surface area contributed by atoms with Crippen LogP contribution in [0.3, 0.4) is 0 Å². The summed E-state index contributed by atoms with van der Waals surface area (Å²) in [6, 6.07) is -0.423. The van der Waals surface area contributed by atoms with Crippen LogP contribution in [0, 0.1) is 44.1 Å². The van der Waals surface area contributed by atoms with E-state index in [0.717, 1.165) is 0 Å². The van der Waals surface area contributed by atoms with Gasteiger partial charge in [0, 0.05) is 69.6 Å². The van der Waals surface area contributed by atoms with Gasteiger partial charge in [-0.05, 0) is 27.7 Å². The molecule has 0 aromatic carbocycles. The van der Waals surface area contributed by atoms with E-state index in [1.807, 2.05) is 13.8 Å². The molecule has 5 nitrogen and oxygen atoms in total. The number of hydrogen-bond acceptors (Lipinski definition) is 3. The van der Waals surface area contributed by atoms with Gasteiger partial charge in [-0.1, -0.05) is 6.08 Å². The third-order valence-corrected chi connectivity index (χ3v) is 2.86. The van der Waals surface area contributed by atoms with Gasteiger partial charge in [0.15, 0.2) is 0 Å². The zero-order valence-corrected chi connectivity index (χ0v) is 17.1. The maximum Gasteiger partial charge on any atom is 0.244 e. The minimum atomic E-state index is -0.593. The predicted molar refractivity (Wildman–Crippen MR) is 70.9 cm³/mol. The fraction of sp³-hybridized carbons (Fsp3) is 0.692. The van der Waals surface area contributed by atoms with E-state index in [1.165, 1.54) is 13.0 Å². The number of likely N-dealkylation sites (N-methyl/N-ethyl adjacent to an activating group) is 1. The van der Waals surface area contributed by atoms with E-state index in [9.17, 15) is 14.7 Å². The van der Waals surface area contributed by atoms with Crippen LogP contribution in [0.15, 0.2) is 12.2 Å². The summed E-state index contributed by atoms with van der Waals surface area (Å²) in [6.07, 6.45) is 2.48. The second-order valence-corrected chi connectivity index (χ2v) is 4.44. The van der Waals surface area contributed by atoms with E-state index < -0.39 is 6.10 Å². The molecule has 19 heavy (non-hydrogen) atoms. The molecule has 1 radical (unpaired) electrons. The van der Waals surface area contributed by atoms with Crippen LogP contribution in [0.1, 0.15) is 34.6 Å². The van der Waals surface area contributed by atoms with Crippen molar-refractivity contribution in [2.24, 2.45) is 0 Å². The first kappa shape index (κ1) is 21.4. The number of carbonyl (C=O) groups is 2. The molecule has 0 aliphatic carbocycles. The average molecular weight is 483 g/mol. The maximum absolute atomic E-state index is 11.5. The Morgan fingerprint density at radius 3 is 2.21 bits per heavy atom. The van der Waals surface area contributed by atoms with Crippen LogP contribution in [0.4, 0.5) is 0 Å². The standard InChI is InChI=1S/C13H24N2O3.Ac/c1-6-15(12(5)17)9(2)7-8-13(18)14-10(3)11(4)16;/h7-11,16H,6H2,1-5H3,(H,14,18);/b8-7+;. The molecule has 107 valence electrons. The number of aliphatic hydroxyl groups is 1. The summed E-state index contributed by atoms with van der Waals surface area (Å²) in [5.41, 5.74) is 0. The van der Waals surface area contributed by atoms with Gasteiger partial charge < -0.3 is 15.3 Å². The van der Waals surface area contributed by atoms with Gasteiger partial charge in [0.25, 0.3) is 0 Å². The third kappa shape index (κ3) is 8.78. The first-order chi connectivity index (χ1) is 8.29. The first-order valence-electron chi connectivity index (χ1n) is 6.23. The van der Waals surface area contributed by atoms with E-state index in [2.05, 4.69) is 5.32 Å². The Morgan fingerprint density at radius 2 is 1.84 bits per heavy atom. The summed E-state index contributed by atoms with van der Waals surface area (Å²) in [5, 5.41) is 11.9. The summed E-state index contributed by atoms with van der Waals surface area (Å²) in [6.45, 7) is 9.20. The van der Waals surface area contributed by atoms with Crippen molar-refractivity contribution >= 4 is 11.8 Å². The van der Waals surface area contributed by atoms with Crippen LogP contribution in [0.5, 0.6) is 0 Å². The fourth-order valence-electron chi connectivity index (χ4n) is 1.52. The summed E-state index contributed by atoms with van der Waals surface area (Å²) in [4.78, 5) is 24.5. The van der Waals surface area contributed by atoms with Gasteiger partial charge in [-0.15, -0.1) is 0 Å². The maximum atomic E-state index is 11.5. The molecule has 2 amide bonds. The first-order valence-corrected chi connectivity index (χ1v) is 6.23. The van der Waals surface area contributed by atoms with Crippen molar-refractivity contribution in [1.82, 2.24) is 10.2 Å². The Hall–Kier alpha value is 0.0816. The molecule has 0 aromatic rings. The van der Waals surface area contributed by atoms with Gasteiger partial charge in [-0.2, -0.15) is 0 Å². The van der Waals surface area contributed by atoms with E-state index in [-0.39, 0.29) is 68.0 Å². The third-order valence-electron chi connectivity index (χ3n) is 2.86. The number of hydrogen-bond donors (Lipinski definition) is 2. The Morgan fingerprint density at radius 1 is 1.32 bits per heavy atom. The van der Waals surface area contributed by atoms with Crippen LogP contribution in [0.25, 0.3) is 0 Å². The van der Waals surface area contributed by atoms with E-state index in [4.69, 9.17) is 0 Å². The molecule has 0 aliphatic heterocycles. The molecule has 0 saturated heterocycles. The van der Waals surface area contributed by atoms with Gasteiger partial charge in [0.05, 0.1) is 12.1 Å². The number of aliphatic hydroxyl groups excluding tert-OH is 1. The molecule has 2 N–H and O–H groups in total. The molecule has 0 rings (SSSR count). The number of amides is 2.